The molecule has 0 heterocycles. The maximum atomic E-state index is 12.1. The Morgan fingerprint density at radius 1 is 1.20 bits per heavy atom. The van der Waals surface area contributed by atoms with Gasteiger partial charge in [0, 0.05) is 19.0 Å². The molecule has 0 atom stereocenters. The number of para-hydroxylation sites is 1. The Bertz CT molecular complexity index is 470. The molecule has 5 heteroatoms. The second kappa shape index (κ2) is 7.65. The van der Waals surface area contributed by atoms with E-state index >= 15 is 0 Å². The summed E-state index contributed by atoms with van der Waals surface area (Å²) in [6.07, 6.45) is 0. The standard InChI is InChI=1S/C15H23N3O2/c1-11(2)14(19)17-13-8-6-5-7-12(13)15(20)16-9-10-18(3)4/h5-8,11H,9-10H2,1-4H3,(H,16,20)(H,17,19). The van der Waals surface area contributed by atoms with Crippen molar-refractivity contribution in [3.63, 3.8) is 0 Å². The third kappa shape index (κ3) is 5.01. The Balaban J connectivity index is 2.74. The van der Waals surface area contributed by atoms with E-state index in [9.17, 15) is 9.59 Å². The van der Waals surface area contributed by atoms with Gasteiger partial charge in [-0.2, -0.15) is 0 Å². The highest BCUT2D eigenvalue weighted by atomic mass is 16.2. The Hall–Kier alpha value is -1.88. The highest BCUT2D eigenvalue weighted by Gasteiger charge is 2.14. The zero-order valence-corrected chi connectivity index (χ0v) is 12.6. The smallest absolute Gasteiger partial charge is 0.253 e. The SMILES string of the molecule is CC(C)C(=O)Nc1ccccc1C(=O)NCCN(C)C. The monoisotopic (exact) mass is 277 g/mol. The van der Waals surface area contributed by atoms with Gasteiger partial charge in [0.15, 0.2) is 0 Å². The summed E-state index contributed by atoms with van der Waals surface area (Å²) in [6, 6.07) is 7.03. The molecule has 0 aliphatic carbocycles. The first-order valence-corrected chi connectivity index (χ1v) is 6.74. The number of nitrogens with zero attached hydrogens (tertiary/aromatic N) is 1. The molecule has 0 saturated heterocycles. The molecule has 2 amide bonds. The van der Waals surface area contributed by atoms with Gasteiger partial charge in [-0.3, -0.25) is 9.59 Å². The van der Waals surface area contributed by atoms with Crippen LogP contribution in [0.2, 0.25) is 0 Å². The fourth-order valence-corrected chi connectivity index (χ4v) is 1.56. The first kappa shape index (κ1) is 16.2. The van der Waals surface area contributed by atoms with Gasteiger partial charge in [-0.05, 0) is 26.2 Å². The van der Waals surface area contributed by atoms with E-state index in [0.29, 0.717) is 17.8 Å². The average molecular weight is 277 g/mol. The number of carbonyl (C=O) groups is 2. The van der Waals surface area contributed by atoms with Gasteiger partial charge < -0.3 is 15.5 Å². The van der Waals surface area contributed by atoms with Crippen molar-refractivity contribution in [1.82, 2.24) is 10.2 Å². The van der Waals surface area contributed by atoms with Crippen molar-refractivity contribution in [3.8, 4) is 0 Å². The summed E-state index contributed by atoms with van der Waals surface area (Å²) in [5.41, 5.74) is 1.04. The highest BCUT2D eigenvalue weighted by Crippen LogP contribution is 2.15. The van der Waals surface area contributed by atoms with Crippen molar-refractivity contribution >= 4 is 17.5 Å². The fourth-order valence-electron chi connectivity index (χ4n) is 1.56. The molecular formula is C15H23N3O2. The van der Waals surface area contributed by atoms with Gasteiger partial charge >= 0.3 is 0 Å². The molecular weight excluding hydrogens is 254 g/mol. The third-order valence-corrected chi connectivity index (χ3v) is 2.80. The average Bonchev–Trinajstić information content (AvgIpc) is 2.38. The van der Waals surface area contributed by atoms with E-state index in [1.165, 1.54) is 0 Å². The van der Waals surface area contributed by atoms with Gasteiger partial charge in [-0.25, -0.2) is 0 Å². The lowest BCUT2D eigenvalue weighted by atomic mass is 10.1. The lowest BCUT2D eigenvalue weighted by Crippen LogP contribution is -2.32. The Labute approximate surface area is 120 Å². The Morgan fingerprint density at radius 3 is 2.45 bits per heavy atom. The summed E-state index contributed by atoms with van der Waals surface area (Å²) in [5.74, 6) is -0.398. The van der Waals surface area contributed by atoms with E-state index in [0.717, 1.165) is 6.54 Å². The van der Waals surface area contributed by atoms with Crippen molar-refractivity contribution in [3.05, 3.63) is 29.8 Å². The molecule has 0 aliphatic rings. The Morgan fingerprint density at radius 2 is 1.85 bits per heavy atom. The molecule has 1 aromatic rings. The normalized spacial score (nSPS) is 10.7. The highest BCUT2D eigenvalue weighted by molar-refractivity contribution is 6.04. The molecule has 0 spiro atoms. The maximum Gasteiger partial charge on any atom is 0.253 e. The number of amides is 2. The molecule has 5 nitrogen and oxygen atoms in total. The number of hydrogen-bond acceptors (Lipinski definition) is 3. The van der Waals surface area contributed by atoms with Crippen molar-refractivity contribution < 1.29 is 9.59 Å². The molecule has 2 N–H and O–H groups in total. The number of benzene rings is 1. The zero-order valence-electron chi connectivity index (χ0n) is 12.6. The number of hydrogen-bond donors (Lipinski definition) is 2. The Kier molecular flexibility index (Phi) is 6.18. The lowest BCUT2D eigenvalue weighted by molar-refractivity contribution is -0.118. The zero-order chi connectivity index (χ0) is 15.1. The van der Waals surface area contributed by atoms with Gasteiger partial charge in [-0.15, -0.1) is 0 Å². The number of likely N-dealkylation sites (N-methyl/N-ethyl adjacent to an activating group) is 1. The van der Waals surface area contributed by atoms with Crippen LogP contribution >= 0.6 is 0 Å². The molecule has 0 aromatic heterocycles. The minimum atomic E-state index is -0.175. The molecule has 0 saturated carbocycles. The van der Waals surface area contributed by atoms with Gasteiger partial charge in [0.25, 0.3) is 5.91 Å². The second-order valence-electron chi connectivity index (χ2n) is 5.25. The molecule has 20 heavy (non-hydrogen) atoms. The van der Waals surface area contributed by atoms with E-state index in [1.807, 2.05) is 32.8 Å². The molecule has 110 valence electrons. The quantitative estimate of drug-likeness (QED) is 0.830. The van der Waals surface area contributed by atoms with Crippen LogP contribution in [0.4, 0.5) is 5.69 Å². The number of rotatable bonds is 6. The van der Waals surface area contributed by atoms with Crippen LogP contribution in [0.5, 0.6) is 0 Å². The maximum absolute atomic E-state index is 12.1. The molecule has 1 rings (SSSR count). The molecule has 0 aliphatic heterocycles. The largest absolute Gasteiger partial charge is 0.351 e. The van der Waals surface area contributed by atoms with Crippen LogP contribution < -0.4 is 10.6 Å². The van der Waals surface area contributed by atoms with Gasteiger partial charge in [0.1, 0.15) is 0 Å². The van der Waals surface area contributed by atoms with Crippen LogP contribution in [0.3, 0.4) is 0 Å². The summed E-state index contributed by atoms with van der Waals surface area (Å²) < 4.78 is 0. The summed E-state index contributed by atoms with van der Waals surface area (Å²) in [6.45, 7) is 4.97. The van der Waals surface area contributed by atoms with Gasteiger partial charge in [0.2, 0.25) is 5.91 Å². The number of carbonyl (C=O) groups excluding carboxylic acids is 2. The van der Waals surface area contributed by atoms with E-state index in [2.05, 4.69) is 10.6 Å². The van der Waals surface area contributed by atoms with Gasteiger partial charge in [-0.1, -0.05) is 26.0 Å². The van der Waals surface area contributed by atoms with Crippen LogP contribution in [0.25, 0.3) is 0 Å². The fraction of sp³-hybridized carbons (Fsp3) is 0.467. The molecule has 0 bridgehead atoms. The van der Waals surface area contributed by atoms with Crippen molar-refractivity contribution in [2.75, 3.05) is 32.5 Å². The third-order valence-electron chi connectivity index (χ3n) is 2.80. The van der Waals surface area contributed by atoms with Crippen LogP contribution in [-0.2, 0) is 4.79 Å². The van der Waals surface area contributed by atoms with Crippen LogP contribution in [0, 0.1) is 5.92 Å². The van der Waals surface area contributed by atoms with E-state index in [-0.39, 0.29) is 17.7 Å². The van der Waals surface area contributed by atoms with Crippen LogP contribution in [-0.4, -0.2) is 43.9 Å². The number of anilines is 1. The van der Waals surface area contributed by atoms with Crippen molar-refractivity contribution in [2.24, 2.45) is 5.92 Å². The van der Waals surface area contributed by atoms with E-state index in [1.54, 1.807) is 24.3 Å². The summed E-state index contributed by atoms with van der Waals surface area (Å²) >= 11 is 0. The van der Waals surface area contributed by atoms with Crippen LogP contribution in [0.1, 0.15) is 24.2 Å². The summed E-state index contributed by atoms with van der Waals surface area (Å²) in [5, 5.41) is 5.62. The summed E-state index contributed by atoms with van der Waals surface area (Å²) in [4.78, 5) is 25.9. The van der Waals surface area contributed by atoms with Gasteiger partial charge in [0.05, 0.1) is 11.3 Å². The van der Waals surface area contributed by atoms with Crippen LogP contribution in [0.15, 0.2) is 24.3 Å². The molecule has 0 fully saturated rings. The topological polar surface area (TPSA) is 61.4 Å². The molecule has 1 aromatic carbocycles. The molecule has 0 radical (unpaired) electrons. The number of nitrogens with one attached hydrogen (secondary N) is 2. The minimum Gasteiger partial charge on any atom is -0.351 e. The van der Waals surface area contributed by atoms with Crippen molar-refractivity contribution in [2.45, 2.75) is 13.8 Å². The second-order valence-corrected chi connectivity index (χ2v) is 5.25. The first-order valence-electron chi connectivity index (χ1n) is 6.74. The van der Waals surface area contributed by atoms with Crippen molar-refractivity contribution in [1.29, 1.82) is 0 Å². The lowest BCUT2D eigenvalue weighted by Gasteiger charge is -2.14. The van der Waals surface area contributed by atoms with E-state index in [4.69, 9.17) is 0 Å². The molecule has 0 unspecified atom stereocenters. The predicted octanol–water partition coefficient (Wildman–Crippen LogP) is 1.57. The summed E-state index contributed by atoms with van der Waals surface area (Å²) in [7, 11) is 3.89. The first-order chi connectivity index (χ1) is 9.41. The predicted molar refractivity (Wildman–Crippen MR) is 80.8 cm³/mol. The van der Waals surface area contributed by atoms with E-state index < -0.39 is 0 Å². The minimum absolute atomic E-state index is 0.0986.